The SMILES string of the molecule is NCC1CN(C(=O)c2cc(F)cc(F)c2)CCO1. The molecule has 0 bridgehead atoms. The van der Waals surface area contributed by atoms with E-state index in [0.717, 1.165) is 18.2 Å². The van der Waals surface area contributed by atoms with Crippen LogP contribution in [0.4, 0.5) is 8.78 Å². The van der Waals surface area contributed by atoms with E-state index in [1.807, 2.05) is 0 Å². The van der Waals surface area contributed by atoms with Gasteiger partial charge in [0.2, 0.25) is 0 Å². The summed E-state index contributed by atoms with van der Waals surface area (Å²) in [4.78, 5) is 13.6. The molecule has 1 aromatic rings. The number of nitrogens with two attached hydrogens (primary N) is 1. The van der Waals surface area contributed by atoms with Crippen LogP contribution in [0.25, 0.3) is 0 Å². The zero-order valence-electron chi connectivity index (χ0n) is 9.73. The summed E-state index contributed by atoms with van der Waals surface area (Å²) in [5.41, 5.74) is 5.47. The Hall–Kier alpha value is -1.53. The molecule has 1 aromatic carbocycles. The highest BCUT2D eigenvalue weighted by molar-refractivity contribution is 5.94. The highest BCUT2D eigenvalue weighted by Crippen LogP contribution is 2.13. The average molecular weight is 256 g/mol. The maximum atomic E-state index is 13.0. The lowest BCUT2D eigenvalue weighted by molar-refractivity contribution is -0.0167. The van der Waals surface area contributed by atoms with Crippen molar-refractivity contribution in [1.29, 1.82) is 0 Å². The van der Waals surface area contributed by atoms with Crippen LogP contribution in [-0.2, 0) is 4.74 Å². The van der Waals surface area contributed by atoms with Gasteiger partial charge in [-0.3, -0.25) is 4.79 Å². The number of halogens is 2. The molecule has 1 heterocycles. The van der Waals surface area contributed by atoms with Crippen LogP contribution < -0.4 is 5.73 Å². The molecule has 98 valence electrons. The predicted molar refractivity (Wildman–Crippen MR) is 61.1 cm³/mol. The third-order valence-corrected chi connectivity index (χ3v) is 2.80. The maximum Gasteiger partial charge on any atom is 0.254 e. The minimum Gasteiger partial charge on any atom is -0.373 e. The summed E-state index contributed by atoms with van der Waals surface area (Å²) in [6.07, 6.45) is -0.221. The Morgan fingerprint density at radius 1 is 1.39 bits per heavy atom. The van der Waals surface area contributed by atoms with Crippen molar-refractivity contribution in [3.8, 4) is 0 Å². The van der Waals surface area contributed by atoms with Crippen LogP contribution in [0.1, 0.15) is 10.4 Å². The molecule has 2 N–H and O–H groups in total. The number of rotatable bonds is 2. The van der Waals surface area contributed by atoms with Crippen LogP contribution in [0, 0.1) is 11.6 Å². The molecule has 0 aliphatic carbocycles. The number of morpholine rings is 1. The van der Waals surface area contributed by atoms with Crippen molar-refractivity contribution < 1.29 is 18.3 Å². The van der Waals surface area contributed by atoms with Gasteiger partial charge in [-0.1, -0.05) is 0 Å². The van der Waals surface area contributed by atoms with Crippen LogP contribution in [0.2, 0.25) is 0 Å². The first-order valence-electron chi connectivity index (χ1n) is 5.67. The fourth-order valence-electron chi connectivity index (χ4n) is 1.91. The van der Waals surface area contributed by atoms with Crippen molar-refractivity contribution in [2.75, 3.05) is 26.2 Å². The van der Waals surface area contributed by atoms with E-state index in [4.69, 9.17) is 10.5 Å². The van der Waals surface area contributed by atoms with Gasteiger partial charge in [0.05, 0.1) is 12.7 Å². The molecule has 0 aromatic heterocycles. The van der Waals surface area contributed by atoms with Crippen molar-refractivity contribution >= 4 is 5.91 Å². The summed E-state index contributed by atoms with van der Waals surface area (Å²) in [6.45, 7) is 1.42. The predicted octanol–water partition coefficient (Wildman–Crippen LogP) is 0.765. The van der Waals surface area contributed by atoms with E-state index in [-0.39, 0.29) is 11.7 Å². The second-order valence-electron chi connectivity index (χ2n) is 4.14. The molecule has 0 saturated carbocycles. The zero-order valence-corrected chi connectivity index (χ0v) is 9.73. The minimum absolute atomic E-state index is 0.00479. The van der Waals surface area contributed by atoms with Crippen molar-refractivity contribution in [1.82, 2.24) is 4.90 Å². The monoisotopic (exact) mass is 256 g/mol. The third-order valence-electron chi connectivity index (χ3n) is 2.80. The lowest BCUT2D eigenvalue weighted by Gasteiger charge is -2.32. The summed E-state index contributed by atoms with van der Waals surface area (Å²) in [5, 5.41) is 0. The Kier molecular flexibility index (Phi) is 3.88. The van der Waals surface area contributed by atoms with Crippen LogP contribution in [0.3, 0.4) is 0 Å². The standard InChI is InChI=1S/C12H14F2N2O2/c13-9-3-8(4-10(14)5-9)12(17)16-1-2-18-11(6-15)7-16/h3-5,11H,1-2,6-7,15H2. The van der Waals surface area contributed by atoms with Gasteiger partial charge in [-0.2, -0.15) is 0 Å². The number of amides is 1. The molecule has 1 amide bonds. The second kappa shape index (κ2) is 5.41. The summed E-state index contributed by atoms with van der Waals surface area (Å²) in [7, 11) is 0. The van der Waals surface area contributed by atoms with Crippen molar-refractivity contribution in [2.45, 2.75) is 6.10 Å². The number of carbonyl (C=O) groups is 1. The molecule has 1 aliphatic rings. The summed E-state index contributed by atoms with van der Waals surface area (Å²) < 4.78 is 31.4. The molecule has 0 radical (unpaired) electrons. The van der Waals surface area contributed by atoms with E-state index >= 15 is 0 Å². The Morgan fingerprint density at radius 3 is 2.67 bits per heavy atom. The lowest BCUT2D eigenvalue weighted by atomic mass is 10.1. The summed E-state index contributed by atoms with van der Waals surface area (Å²) in [5.74, 6) is -1.93. The lowest BCUT2D eigenvalue weighted by Crippen LogP contribution is -2.48. The number of hydrogen-bond acceptors (Lipinski definition) is 3. The first-order valence-corrected chi connectivity index (χ1v) is 5.67. The smallest absolute Gasteiger partial charge is 0.254 e. The van der Waals surface area contributed by atoms with Crippen molar-refractivity contribution in [3.63, 3.8) is 0 Å². The number of nitrogens with zero attached hydrogens (tertiary/aromatic N) is 1. The van der Waals surface area contributed by atoms with E-state index in [0.29, 0.717) is 26.2 Å². The largest absolute Gasteiger partial charge is 0.373 e. The van der Waals surface area contributed by atoms with Gasteiger partial charge in [0, 0.05) is 31.3 Å². The molecule has 1 aliphatic heterocycles. The van der Waals surface area contributed by atoms with E-state index in [2.05, 4.69) is 0 Å². The minimum atomic E-state index is -0.762. The van der Waals surface area contributed by atoms with E-state index in [9.17, 15) is 13.6 Å². The van der Waals surface area contributed by atoms with Gasteiger partial charge in [-0.25, -0.2) is 8.78 Å². The Labute approximate surface area is 103 Å². The molecule has 1 fully saturated rings. The topological polar surface area (TPSA) is 55.6 Å². The molecule has 4 nitrogen and oxygen atoms in total. The molecular formula is C12H14F2N2O2. The van der Waals surface area contributed by atoms with Gasteiger partial charge in [0.15, 0.2) is 0 Å². The second-order valence-corrected chi connectivity index (χ2v) is 4.14. The fourth-order valence-corrected chi connectivity index (χ4v) is 1.91. The van der Waals surface area contributed by atoms with Gasteiger partial charge in [0.1, 0.15) is 11.6 Å². The van der Waals surface area contributed by atoms with Crippen LogP contribution >= 0.6 is 0 Å². The molecular weight excluding hydrogens is 242 g/mol. The molecule has 1 saturated heterocycles. The zero-order chi connectivity index (χ0) is 13.1. The van der Waals surface area contributed by atoms with Gasteiger partial charge < -0.3 is 15.4 Å². The molecule has 6 heteroatoms. The number of benzene rings is 1. The Balaban J connectivity index is 2.15. The number of hydrogen-bond donors (Lipinski definition) is 1. The molecule has 0 spiro atoms. The maximum absolute atomic E-state index is 13.0. The third kappa shape index (κ3) is 2.83. The highest BCUT2D eigenvalue weighted by atomic mass is 19.1. The van der Waals surface area contributed by atoms with Gasteiger partial charge in [0.25, 0.3) is 5.91 Å². The molecule has 1 unspecified atom stereocenters. The molecule has 1 atom stereocenters. The van der Waals surface area contributed by atoms with Gasteiger partial charge >= 0.3 is 0 Å². The van der Waals surface area contributed by atoms with Crippen LogP contribution in [-0.4, -0.2) is 43.2 Å². The average Bonchev–Trinajstić information content (AvgIpc) is 2.37. The Morgan fingerprint density at radius 2 is 2.06 bits per heavy atom. The summed E-state index contributed by atoms with van der Waals surface area (Å²) in [6, 6.07) is 2.79. The number of ether oxygens (including phenoxy) is 1. The first kappa shape index (κ1) is 12.9. The van der Waals surface area contributed by atoms with Crippen molar-refractivity contribution in [2.24, 2.45) is 5.73 Å². The molecule has 18 heavy (non-hydrogen) atoms. The first-order chi connectivity index (χ1) is 8.60. The van der Waals surface area contributed by atoms with Gasteiger partial charge in [-0.05, 0) is 12.1 Å². The van der Waals surface area contributed by atoms with Crippen molar-refractivity contribution in [3.05, 3.63) is 35.4 Å². The van der Waals surface area contributed by atoms with E-state index in [1.54, 1.807) is 0 Å². The normalized spacial score (nSPS) is 19.9. The highest BCUT2D eigenvalue weighted by Gasteiger charge is 2.24. The fraction of sp³-hybridized carbons (Fsp3) is 0.417. The Bertz CT molecular complexity index is 433. The summed E-state index contributed by atoms with van der Waals surface area (Å²) >= 11 is 0. The quantitative estimate of drug-likeness (QED) is 0.850. The van der Waals surface area contributed by atoms with E-state index in [1.165, 1.54) is 4.90 Å². The molecule has 2 rings (SSSR count). The van der Waals surface area contributed by atoms with Crippen LogP contribution in [0.5, 0.6) is 0 Å². The van der Waals surface area contributed by atoms with Crippen LogP contribution in [0.15, 0.2) is 18.2 Å². The number of carbonyl (C=O) groups excluding carboxylic acids is 1. The van der Waals surface area contributed by atoms with Gasteiger partial charge in [-0.15, -0.1) is 0 Å². The van der Waals surface area contributed by atoms with E-state index < -0.39 is 17.5 Å².